The number of aromatic carboxylic acids is 1. The molecule has 0 fully saturated rings. The molecular formula is C9H12KNO3. The Bertz CT molecular complexity index is 339. The van der Waals surface area contributed by atoms with E-state index in [1.807, 2.05) is 0 Å². The van der Waals surface area contributed by atoms with Crippen molar-refractivity contribution >= 4 is 63.0 Å². The predicted octanol–water partition coefficient (Wildman–Crippen LogP) is 0.372. The maximum absolute atomic E-state index is 10.8. The van der Waals surface area contributed by atoms with Crippen LogP contribution in [0.15, 0.2) is 18.2 Å². The molecule has 0 spiro atoms. The Morgan fingerprint density at radius 1 is 1.50 bits per heavy atom. The van der Waals surface area contributed by atoms with Crippen LogP contribution in [-0.4, -0.2) is 67.6 Å². The van der Waals surface area contributed by atoms with Gasteiger partial charge in [0.25, 0.3) is 0 Å². The third-order valence-corrected chi connectivity index (χ3v) is 1.79. The third-order valence-electron chi connectivity index (χ3n) is 1.79. The van der Waals surface area contributed by atoms with Crippen molar-refractivity contribution in [2.75, 3.05) is 5.73 Å². The minimum atomic E-state index is -1.12. The van der Waals surface area contributed by atoms with E-state index in [4.69, 9.17) is 10.8 Å². The number of hydrogen-bond acceptors (Lipinski definition) is 3. The fraction of sp³-hybridized carbons (Fsp3) is 0.222. The van der Waals surface area contributed by atoms with E-state index in [9.17, 15) is 9.90 Å². The molecule has 0 bridgehead atoms. The van der Waals surface area contributed by atoms with Crippen LogP contribution in [0.2, 0.25) is 0 Å². The van der Waals surface area contributed by atoms with E-state index < -0.39 is 12.1 Å². The molecule has 1 unspecified atom stereocenters. The Hall–Kier alpha value is 0.0864. The first-order valence-corrected chi connectivity index (χ1v) is 3.83. The van der Waals surface area contributed by atoms with Crippen molar-refractivity contribution in [3.63, 3.8) is 0 Å². The summed E-state index contributed by atoms with van der Waals surface area (Å²) in [6, 6.07) is 4.66. The molecular weight excluding hydrogens is 209 g/mol. The Balaban J connectivity index is 0.00000169. The van der Waals surface area contributed by atoms with Crippen molar-refractivity contribution in [2.45, 2.75) is 13.0 Å². The summed E-state index contributed by atoms with van der Waals surface area (Å²) in [4.78, 5) is 10.8. The molecule has 1 atom stereocenters. The van der Waals surface area contributed by atoms with E-state index in [0.29, 0.717) is 5.56 Å². The summed E-state index contributed by atoms with van der Waals surface area (Å²) in [6.45, 7) is 1.50. The van der Waals surface area contributed by atoms with Crippen LogP contribution in [0.25, 0.3) is 0 Å². The minimum absolute atomic E-state index is 0. The van der Waals surface area contributed by atoms with Crippen molar-refractivity contribution < 1.29 is 15.0 Å². The van der Waals surface area contributed by atoms with E-state index >= 15 is 0 Å². The van der Waals surface area contributed by atoms with Gasteiger partial charge in [0.2, 0.25) is 0 Å². The molecule has 0 saturated heterocycles. The summed E-state index contributed by atoms with van der Waals surface area (Å²) < 4.78 is 0. The van der Waals surface area contributed by atoms with Crippen LogP contribution in [0.3, 0.4) is 0 Å². The molecule has 0 aromatic heterocycles. The normalized spacial score (nSPS) is 11.6. The number of carbonyl (C=O) groups is 1. The Morgan fingerprint density at radius 2 is 2.07 bits per heavy atom. The van der Waals surface area contributed by atoms with Gasteiger partial charge in [-0.2, -0.15) is 0 Å². The van der Waals surface area contributed by atoms with E-state index in [1.54, 1.807) is 12.1 Å². The standard InChI is InChI=1S/C9H11NO3.K.H/c1-5(11)6-3-2-4-7(10)8(6)9(12)13;;/h2-5,11H,10H2,1H3,(H,12,13);;. The number of hydrogen-bond donors (Lipinski definition) is 3. The van der Waals surface area contributed by atoms with Crippen LogP contribution in [-0.2, 0) is 0 Å². The van der Waals surface area contributed by atoms with Crippen LogP contribution >= 0.6 is 0 Å². The summed E-state index contributed by atoms with van der Waals surface area (Å²) in [5, 5.41) is 18.1. The van der Waals surface area contributed by atoms with Crippen molar-refractivity contribution in [3.05, 3.63) is 29.3 Å². The molecule has 0 saturated carbocycles. The topological polar surface area (TPSA) is 83.5 Å². The summed E-state index contributed by atoms with van der Waals surface area (Å²) >= 11 is 0. The van der Waals surface area contributed by atoms with Gasteiger partial charge in [-0.05, 0) is 18.6 Å². The fourth-order valence-electron chi connectivity index (χ4n) is 1.18. The molecule has 4 N–H and O–H groups in total. The molecule has 1 rings (SSSR count). The van der Waals surface area contributed by atoms with Gasteiger partial charge in [0.05, 0.1) is 11.7 Å². The molecule has 0 radical (unpaired) electrons. The number of rotatable bonds is 2. The zero-order valence-electron chi connectivity index (χ0n) is 7.19. The molecule has 0 aliphatic carbocycles. The third kappa shape index (κ3) is 3.05. The SMILES string of the molecule is CC(O)c1cccc(N)c1C(=O)O.[KH]. The molecule has 1 aromatic carbocycles. The Morgan fingerprint density at radius 3 is 2.43 bits per heavy atom. The van der Waals surface area contributed by atoms with Crippen molar-refractivity contribution in [2.24, 2.45) is 0 Å². The molecule has 0 aliphatic heterocycles. The van der Waals surface area contributed by atoms with Gasteiger partial charge >= 0.3 is 57.4 Å². The van der Waals surface area contributed by atoms with Gasteiger partial charge in [0, 0.05) is 5.69 Å². The van der Waals surface area contributed by atoms with Gasteiger partial charge in [-0.15, -0.1) is 0 Å². The average molecular weight is 221 g/mol. The van der Waals surface area contributed by atoms with Crippen LogP contribution in [0.1, 0.15) is 28.9 Å². The first-order chi connectivity index (χ1) is 6.04. The summed E-state index contributed by atoms with van der Waals surface area (Å²) in [7, 11) is 0. The molecule has 0 aliphatic rings. The molecule has 1 aromatic rings. The second-order valence-electron chi connectivity index (χ2n) is 2.79. The van der Waals surface area contributed by atoms with Crippen LogP contribution in [0.4, 0.5) is 5.69 Å². The van der Waals surface area contributed by atoms with E-state index in [0.717, 1.165) is 0 Å². The summed E-state index contributed by atoms with van der Waals surface area (Å²) in [6.07, 6.45) is -0.824. The van der Waals surface area contributed by atoms with Gasteiger partial charge in [-0.25, -0.2) is 4.79 Å². The van der Waals surface area contributed by atoms with Gasteiger partial charge in [0.1, 0.15) is 0 Å². The van der Waals surface area contributed by atoms with Gasteiger partial charge in [-0.3, -0.25) is 0 Å². The average Bonchev–Trinajstić information content (AvgIpc) is 2.02. The number of nitrogen functional groups attached to an aromatic ring is 1. The maximum atomic E-state index is 10.8. The van der Waals surface area contributed by atoms with E-state index in [1.165, 1.54) is 13.0 Å². The Labute approximate surface area is 125 Å². The van der Waals surface area contributed by atoms with E-state index in [2.05, 4.69) is 0 Å². The molecule has 5 heteroatoms. The molecule has 72 valence electrons. The predicted molar refractivity (Wildman–Crippen MR) is 55.6 cm³/mol. The van der Waals surface area contributed by atoms with Crippen molar-refractivity contribution in [1.82, 2.24) is 0 Å². The first kappa shape index (κ1) is 14.1. The number of anilines is 1. The number of carboxylic acids is 1. The van der Waals surface area contributed by atoms with Crippen LogP contribution < -0.4 is 5.73 Å². The number of nitrogens with two attached hydrogens (primary N) is 1. The Kier molecular flexibility index (Phi) is 5.88. The fourth-order valence-corrected chi connectivity index (χ4v) is 1.18. The number of aliphatic hydroxyl groups is 1. The van der Waals surface area contributed by atoms with E-state index in [-0.39, 0.29) is 62.6 Å². The van der Waals surface area contributed by atoms with Gasteiger partial charge < -0.3 is 15.9 Å². The van der Waals surface area contributed by atoms with Gasteiger partial charge in [0.15, 0.2) is 0 Å². The zero-order chi connectivity index (χ0) is 10.0. The monoisotopic (exact) mass is 221 g/mol. The summed E-state index contributed by atoms with van der Waals surface area (Å²) in [5.74, 6) is -1.12. The number of benzene rings is 1. The van der Waals surface area contributed by atoms with Crippen molar-refractivity contribution in [1.29, 1.82) is 0 Å². The first-order valence-electron chi connectivity index (χ1n) is 3.83. The number of aliphatic hydroxyl groups excluding tert-OH is 1. The second kappa shape index (κ2) is 5.84. The zero-order valence-corrected chi connectivity index (χ0v) is 7.19. The van der Waals surface area contributed by atoms with Crippen molar-refractivity contribution in [3.8, 4) is 0 Å². The number of carboxylic acid groups (broad SMARTS) is 1. The van der Waals surface area contributed by atoms with Crippen LogP contribution in [0, 0.1) is 0 Å². The summed E-state index contributed by atoms with van der Waals surface area (Å²) in [5.41, 5.74) is 5.96. The second-order valence-corrected chi connectivity index (χ2v) is 2.79. The molecule has 0 heterocycles. The molecule has 0 amide bonds. The van der Waals surface area contributed by atoms with Gasteiger partial charge in [-0.1, -0.05) is 12.1 Å². The molecule has 4 nitrogen and oxygen atoms in total. The quantitative estimate of drug-likeness (QED) is 0.498. The molecule has 14 heavy (non-hydrogen) atoms. The van der Waals surface area contributed by atoms with Crippen LogP contribution in [0.5, 0.6) is 0 Å².